The fourth-order valence-corrected chi connectivity index (χ4v) is 8.58. The number of aromatic nitrogens is 2. The number of halogens is 2. The second kappa shape index (κ2) is 11.8. The van der Waals surface area contributed by atoms with Gasteiger partial charge in [-0.15, -0.1) is 22.7 Å². The number of fused-ring (bicyclic) bond motifs is 3. The van der Waals surface area contributed by atoms with Gasteiger partial charge in [0.25, 0.3) is 0 Å². The standard InChI is InChI=1S/C34H34ClFN6O2S2/c1-33(2,3)18-41-14-12-34(13-15-41)19-42(24-7-5-4-6-22(24)38-32(44)40-27-17-45-31(35)39-27)29-25(43)11-9-21(28(29)34)30-37-23-10-8-20(36)16-26(23)46-30/h4-11,16-17,43H,12-15,18-19H2,1-3H3,(H2,38,40,44). The number of hydrogen-bond donors (Lipinski definition) is 3. The Morgan fingerprint density at radius 1 is 1.09 bits per heavy atom. The Labute approximate surface area is 279 Å². The minimum absolute atomic E-state index is 0.163. The van der Waals surface area contributed by atoms with Crippen LogP contribution in [0.5, 0.6) is 5.75 Å². The highest BCUT2D eigenvalue weighted by Gasteiger charge is 2.48. The number of nitrogens with zero attached hydrogens (tertiary/aromatic N) is 4. The van der Waals surface area contributed by atoms with E-state index in [0.29, 0.717) is 28.2 Å². The van der Waals surface area contributed by atoms with Crippen molar-refractivity contribution in [1.29, 1.82) is 0 Å². The van der Waals surface area contributed by atoms with Crippen LogP contribution in [-0.4, -0.2) is 52.2 Å². The molecule has 8 nitrogen and oxygen atoms in total. The molecule has 12 heteroatoms. The third kappa shape index (κ3) is 5.92. The van der Waals surface area contributed by atoms with Gasteiger partial charge in [0.05, 0.1) is 27.3 Å². The Bertz CT molecular complexity index is 1950. The van der Waals surface area contributed by atoms with E-state index in [9.17, 15) is 14.3 Å². The van der Waals surface area contributed by atoms with Crippen molar-refractivity contribution in [3.8, 4) is 16.3 Å². The fraction of sp³-hybridized carbons (Fsp3) is 0.324. The van der Waals surface area contributed by atoms with Gasteiger partial charge in [-0.05, 0) is 79.4 Å². The molecule has 2 aliphatic heterocycles. The number of hydrogen-bond acceptors (Lipinski definition) is 8. The average Bonchev–Trinajstić information content (AvgIpc) is 3.70. The highest BCUT2D eigenvalue weighted by atomic mass is 35.5. The fourth-order valence-electron chi connectivity index (χ4n) is 6.86. The van der Waals surface area contributed by atoms with Crippen LogP contribution in [0.2, 0.25) is 4.47 Å². The quantitative estimate of drug-likeness (QED) is 0.172. The number of carbonyl (C=O) groups is 1. The molecule has 3 N–H and O–H groups in total. The summed E-state index contributed by atoms with van der Waals surface area (Å²) >= 11 is 8.66. The van der Waals surface area contributed by atoms with Crippen molar-refractivity contribution in [2.75, 3.05) is 41.7 Å². The number of thiazole rings is 2. The van der Waals surface area contributed by atoms with Crippen LogP contribution in [0.15, 0.2) is 60.0 Å². The van der Waals surface area contributed by atoms with Gasteiger partial charge in [0, 0.05) is 29.4 Å². The first kappa shape index (κ1) is 30.9. The lowest BCUT2D eigenvalue weighted by atomic mass is 9.72. The summed E-state index contributed by atoms with van der Waals surface area (Å²) in [5.74, 6) is 0.241. The first-order valence-corrected chi connectivity index (χ1v) is 17.3. The topological polar surface area (TPSA) is 93.6 Å². The lowest BCUT2D eigenvalue weighted by molar-refractivity contribution is 0.125. The number of piperidine rings is 1. The summed E-state index contributed by atoms with van der Waals surface area (Å²) < 4.78 is 15.3. The summed E-state index contributed by atoms with van der Waals surface area (Å²) in [7, 11) is 0. The van der Waals surface area contributed by atoms with Crippen LogP contribution < -0.4 is 15.5 Å². The summed E-state index contributed by atoms with van der Waals surface area (Å²) in [6.07, 6.45) is 1.78. The number of benzene rings is 3. The molecule has 3 aromatic carbocycles. The maximum absolute atomic E-state index is 14.1. The molecule has 4 heterocycles. The third-order valence-electron chi connectivity index (χ3n) is 8.67. The summed E-state index contributed by atoms with van der Waals surface area (Å²) in [5, 5.41) is 19.8. The highest BCUT2D eigenvalue weighted by molar-refractivity contribution is 7.21. The smallest absolute Gasteiger partial charge is 0.324 e. The van der Waals surface area contributed by atoms with Crippen LogP contribution in [-0.2, 0) is 5.41 Å². The van der Waals surface area contributed by atoms with E-state index in [1.165, 1.54) is 34.8 Å². The van der Waals surface area contributed by atoms with Gasteiger partial charge >= 0.3 is 6.03 Å². The number of aromatic hydroxyl groups is 1. The Hall–Kier alpha value is -3.77. The van der Waals surface area contributed by atoms with Crippen LogP contribution in [0.4, 0.5) is 32.1 Å². The molecule has 1 spiro atoms. The first-order chi connectivity index (χ1) is 22.0. The van der Waals surface area contributed by atoms with E-state index in [4.69, 9.17) is 16.6 Å². The molecule has 2 aliphatic rings. The lowest BCUT2D eigenvalue weighted by Gasteiger charge is -2.42. The molecule has 0 bridgehead atoms. The zero-order valence-corrected chi connectivity index (χ0v) is 28.1. The second-order valence-corrected chi connectivity index (χ2v) is 15.7. The van der Waals surface area contributed by atoms with Crippen LogP contribution >= 0.6 is 34.3 Å². The van der Waals surface area contributed by atoms with Crippen molar-refractivity contribution in [3.05, 3.63) is 75.8 Å². The van der Waals surface area contributed by atoms with E-state index in [-0.39, 0.29) is 22.4 Å². The molecule has 2 amide bonds. The van der Waals surface area contributed by atoms with Crippen molar-refractivity contribution < 1.29 is 14.3 Å². The zero-order valence-electron chi connectivity index (χ0n) is 25.7. The molecule has 0 atom stereocenters. The minimum Gasteiger partial charge on any atom is -0.506 e. The van der Waals surface area contributed by atoms with Crippen LogP contribution in [0.3, 0.4) is 0 Å². The van der Waals surface area contributed by atoms with Crippen molar-refractivity contribution >= 4 is 73.4 Å². The van der Waals surface area contributed by atoms with Gasteiger partial charge in [-0.25, -0.2) is 19.2 Å². The average molecular weight is 677 g/mol. The maximum atomic E-state index is 14.1. The van der Waals surface area contributed by atoms with Gasteiger partial charge in [-0.1, -0.05) is 44.5 Å². The van der Waals surface area contributed by atoms with E-state index < -0.39 is 6.03 Å². The molecule has 0 radical (unpaired) electrons. The predicted molar refractivity (Wildman–Crippen MR) is 187 cm³/mol. The minimum atomic E-state index is -0.446. The van der Waals surface area contributed by atoms with Gasteiger partial charge in [0.2, 0.25) is 0 Å². The highest BCUT2D eigenvalue weighted by Crippen LogP contribution is 2.57. The zero-order chi connectivity index (χ0) is 32.2. The van der Waals surface area contributed by atoms with E-state index >= 15 is 0 Å². The molecule has 1 fully saturated rings. The molecule has 0 saturated carbocycles. The Balaban J connectivity index is 1.31. The van der Waals surface area contributed by atoms with Gasteiger partial charge in [-0.3, -0.25) is 5.32 Å². The molecular weight excluding hydrogens is 643 g/mol. The van der Waals surface area contributed by atoms with Crippen molar-refractivity contribution in [1.82, 2.24) is 14.9 Å². The number of rotatable bonds is 5. The molecule has 0 unspecified atom stereocenters. The van der Waals surface area contributed by atoms with Gasteiger partial charge < -0.3 is 20.2 Å². The normalized spacial score (nSPS) is 16.2. The number of likely N-dealkylation sites (tertiary alicyclic amines) is 1. The van der Waals surface area contributed by atoms with Crippen LogP contribution in [0.25, 0.3) is 20.8 Å². The van der Waals surface area contributed by atoms with Crippen LogP contribution in [0.1, 0.15) is 39.2 Å². The Kier molecular flexibility index (Phi) is 7.91. The van der Waals surface area contributed by atoms with Gasteiger partial charge in [0.1, 0.15) is 22.4 Å². The van der Waals surface area contributed by atoms with E-state index in [1.54, 1.807) is 17.5 Å². The van der Waals surface area contributed by atoms with E-state index in [1.807, 2.05) is 30.3 Å². The van der Waals surface area contributed by atoms with E-state index in [0.717, 1.165) is 64.5 Å². The van der Waals surface area contributed by atoms with Gasteiger partial charge in [0.15, 0.2) is 4.47 Å². The lowest BCUT2D eigenvalue weighted by Crippen LogP contribution is -2.47. The Morgan fingerprint density at radius 3 is 2.61 bits per heavy atom. The molecular formula is C34H34ClFN6O2S2. The molecule has 0 aliphatic carbocycles. The number of carbonyl (C=O) groups excluding carboxylic acids is 1. The predicted octanol–water partition coefficient (Wildman–Crippen LogP) is 9.09. The van der Waals surface area contributed by atoms with Crippen molar-refractivity contribution in [2.45, 2.75) is 39.0 Å². The monoisotopic (exact) mass is 676 g/mol. The summed E-state index contributed by atoms with van der Waals surface area (Å²) in [5.41, 5.74) is 4.72. The number of urea groups is 1. The summed E-state index contributed by atoms with van der Waals surface area (Å²) in [6, 6.07) is 15.5. The number of anilines is 4. The molecule has 7 rings (SSSR count). The molecule has 2 aromatic heterocycles. The number of nitrogens with one attached hydrogen (secondary N) is 2. The summed E-state index contributed by atoms with van der Waals surface area (Å²) in [6.45, 7) is 10.3. The molecule has 1 saturated heterocycles. The van der Waals surface area contributed by atoms with Crippen molar-refractivity contribution in [2.24, 2.45) is 5.41 Å². The van der Waals surface area contributed by atoms with Gasteiger partial charge in [-0.2, -0.15) is 0 Å². The number of phenolic OH excluding ortho intramolecular Hbond substituents is 1. The second-order valence-electron chi connectivity index (χ2n) is 13.3. The number of para-hydroxylation sites is 2. The first-order valence-electron chi connectivity index (χ1n) is 15.2. The van der Waals surface area contributed by atoms with E-state index in [2.05, 4.69) is 46.2 Å². The molecule has 238 valence electrons. The van der Waals surface area contributed by atoms with Crippen molar-refractivity contribution in [3.63, 3.8) is 0 Å². The number of phenols is 1. The SMILES string of the molecule is CC(C)(C)CN1CCC2(CC1)CN(c1ccccc1NC(=O)Nc1csc(Cl)n1)c1c(O)ccc(-c3nc4ccc(F)cc4s3)c12. The largest absolute Gasteiger partial charge is 0.506 e. The summed E-state index contributed by atoms with van der Waals surface area (Å²) in [4.78, 5) is 26.8. The van der Waals surface area contributed by atoms with Crippen LogP contribution in [0, 0.1) is 11.2 Å². The maximum Gasteiger partial charge on any atom is 0.324 e. The third-order valence-corrected chi connectivity index (χ3v) is 10.7. The molecule has 46 heavy (non-hydrogen) atoms. The Morgan fingerprint density at radius 2 is 1.87 bits per heavy atom. The molecule has 5 aromatic rings. The number of amides is 2.